The quantitative estimate of drug-likeness (QED) is 0.742. The van der Waals surface area contributed by atoms with Crippen molar-refractivity contribution in [2.24, 2.45) is 0 Å². The Labute approximate surface area is 92.7 Å². The highest BCUT2D eigenvalue weighted by molar-refractivity contribution is 5.62. The van der Waals surface area contributed by atoms with E-state index in [1.807, 2.05) is 12.1 Å². The third-order valence-corrected chi connectivity index (χ3v) is 2.81. The highest BCUT2D eigenvalue weighted by Gasteiger charge is 2.17. The normalized spacial score (nSPS) is 14.8. The van der Waals surface area contributed by atoms with Crippen LogP contribution in [0.3, 0.4) is 0 Å². The fourth-order valence-electron chi connectivity index (χ4n) is 2.08. The second-order valence-electron chi connectivity index (χ2n) is 3.83. The van der Waals surface area contributed by atoms with Gasteiger partial charge in [-0.1, -0.05) is 12.1 Å². The minimum atomic E-state index is 0.182. The molecule has 0 fully saturated rings. The van der Waals surface area contributed by atoms with Crippen LogP contribution in [0.25, 0.3) is 11.5 Å². The molecule has 2 aromatic rings. The van der Waals surface area contributed by atoms with E-state index < -0.39 is 0 Å². The highest BCUT2D eigenvalue weighted by Crippen LogP contribution is 2.27. The number of anilines is 1. The first-order valence-electron chi connectivity index (χ1n) is 5.25. The van der Waals surface area contributed by atoms with Gasteiger partial charge in [0.2, 0.25) is 0 Å². The van der Waals surface area contributed by atoms with Crippen LogP contribution in [0.15, 0.2) is 22.7 Å². The van der Waals surface area contributed by atoms with Crippen molar-refractivity contribution in [2.75, 3.05) is 12.3 Å². The van der Waals surface area contributed by atoms with Gasteiger partial charge >= 0.3 is 0 Å². The fraction of sp³-hybridized carbons (Fsp3) is 0.273. The Morgan fingerprint density at radius 3 is 3.12 bits per heavy atom. The van der Waals surface area contributed by atoms with Crippen molar-refractivity contribution < 1.29 is 4.52 Å². The van der Waals surface area contributed by atoms with Crippen LogP contribution in [-0.4, -0.2) is 16.7 Å². The smallest absolute Gasteiger partial charge is 0.261 e. The van der Waals surface area contributed by atoms with E-state index in [4.69, 9.17) is 10.3 Å². The molecule has 0 saturated carbocycles. The van der Waals surface area contributed by atoms with Gasteiger partial charge in [-0.3, -0.25) is 0 Å². The molecule has 1 aliphatic heterocycles. The van der Waals surface area contributed by atoms with Crippen molar-refractivity contribution in [3.05, 3.63) is 29.3 Å². The van der Waals surface area contributed by atoms with Crippen LogP contribution in [0.4, 0.5) is 5.95 Å². The zero-order valence-electron chi connectivity index (χ0n) is 8.73. The van der Waals surface area contributed by atoms with Crippen molar-refractivity contribution in [3.63, 3.8) is 0 Å². The second-order valence-corrected chi connectivity index (χ2v) is 3.83. The summed E-state index contributed by atoms with van der Waals surface area (Å²) in [6, 6.07) is 6.11. The summed E-state index contributed by atoms with van der Waals surface area (Å²) in [5.41, 5.74) is 9.04. The third kappa shape index (κ3) is 1.45. The lowest BCUT2D eigenvalue weighted by molar-refractivity contribution is 0.432. The molecule has 5 nitrogen and oxygen atoms in total. The van der Waals surface area contributed by atoms with E-state index in [2.05, 4.69) is 21.5 Å². The minimum absolute atomic E-state index is 0.182. The molecule has 0 bridgehead atoms. The Morgan fingerprint density at radius 2 is 2.31 bits per heavy atom. The van der Waals surface area contributed by atoms with Crippen LogP contribution in [0.1, 0.15) is 11.1 Å². The molecule has 0 radical (unpaired) electrons. The van der Waals surface area contributed by atoms with Gasteiger partial charge in [-0.2, -0.15) is 4.98 Å². The molecule has 1 aliphatic rings. The zero-order valence-corrected chi connectivity index (χ0v) is 8.73. The molecule has 3 rings (SSSR count). The molecule has 5 heteroatoms. The van der Waals surface area contributed by atoms with E-state index in [1.54, 1.807) is 0 Å². The number of nitrogens with zero attached hydrogens (tertiary/aromatic N) is 2. The third-order valence-electron chi connectivity index (χ3n) is 2.81. The number of rotatable bonds is 1. The van der Waals surface area contributed by atoms with Gasteiger partial charge in [0.05, 0.1) is 0 Å². The number of fused-ring (bicyclic) bond motifs is 1. The monoisotopic (exact) mass is 216 g/mol. The summed E-state index contributed by atoms with van der Waals surface area (Å²) in [6.45, 7) is 1.88. The summed E-state index contributed by atoms with van der Waals surface area (Å²) >= 11 is 0. The number of hydrogen-bond acceptors (Lipinski definition) is 5. The van der Waals surface area contributed by atoms with Gasteiger partial charge in [0, 0.05) is 12.1 Å². The van der Waals surface area contributed by atoms with Crippen LogP contribution in [0.2, 0.25) is 0 Å². The molecule has 0 unspecified atom stereocenters. The molecule has 0 saturated heterocycles. The van der Waals surface area contributed by atoms with Crippen LogP contribution >= 0.6 is 0 Å². The first kappa shape index (κ1) is 9.35. The molecular formula is C11H12N4O. The van der Waals surface area contributed by atoms with Gasteiger partial charge in [0.1, 0.15) is 0 Å². The standard InChI is InChI=1S/C11H12N4O/c12-11-14-10(16-15-11)9-3-1-2-7-6-13-5-4-8(7)9/h1-3,13H,4-6H2,(H2,12,15). The lowest BCUT2D eigenvalue weighted by Crippen LogP contribution is -2.24. The molecule has 1 aromatic heterocycles. The maximum atomic E-state index is 5.46. The van der Waals surface area contributed by atoms with Crippen LogP contribution in [-0.2, 0) is 13.0 Å². The number of benzene rings is 1. The van der Waals surface area contributed by atoms with Crippen LogP contribution in [0, 0.1) is 0 Å². The summed E-state index contributed by atoms with van der Waals surface area (Å²) in [5, 5.41) is 6.95. The molecule has 0 aliphatic carbocycles. The summed E-state index contributed by atoms with van der Waals surface area (Å²) in [6.07, 6.45) is 0.980. The number of nitrogen functional groups attached to an aromatic ring is 1. The topological polar surface area (TPSA) is 77.0 Å². The Bertz CT molecular complexity index is 520. The Balaban J connectivity index is 2.13. The first-order valence-corrected chi connectivity index (χ1v) is 5.25. The Hall–Kier alpha value is -1.88. The predicted molar refractivity (Wildman–Crippen MR) is 59.6 cm³/mol. The molecule has 0 amide bonds. The van der Waals surface area contributed by atoms with E-state index in [1.165, 1.54) is 11.1 Å². The number of nitrogens with two attached hydrogens (primary N) is 1. The van der Waals surface area contributed by atoms with Crippen LogP contribution in [0.5, 0.6) is 0 Å². The number of aromatic nitrogens is 2. The summed E-state index contributed by atoms with van der Waals surface area (Å²) in [5.74, 6) is 0.692. The summed E-state index contributed by atoms with van der Waals surface area (Å²) in [4.78, 5) is 4.07. The highest BCUT2D eigenvalue weighted by atomic mass is 16.5. The first-order chi connectivity index (χ1) is 7.84. The van der Waals surface area contributed by atoms with Gasteiger partial charge in [-0.05, 0) is 35.3 Å². The van der Waals surface area contributed by atoms with Crippen molar-refractivity contribution in [1.82, 2.24) is 15.5 Å². The molecule has 0 spiro atoms. The summed E-state index contributed by atoms with van der Waals surface area (Å²) in [7, 11) is 0. The van der Waals surface area contributed by atoms with E-state index in [0.717, 1.165) is 25.1 Å². The molecule has 3 N–H and O–H groups in total. The largest absolute Gasteiger partial charge is 0.365 e. The van der Waals surface area contributed by atoms with E-state index in [9.17, 15) is 0 Å². The van der Waals surface area contributed by atoms with Crippen molar-refractivity contribution in [1.29, 1.82) is 0 Å². The number of hydrogen-bond donors (Lipinski definition) is 2. The van der Waals surface area contributed by atoms with E-state index >= 15 is 0 Å². The Morgan fingerprint density at radius 1 is 1.38 bits per heavy atom. The summed E-state index contributed by atoms with van der Waals surface area (Å²) < 4.78 is 5.11. The molecule has 2 heterocycles. The maximum absolute atomic E-state index is 5.46. The Kier molecular flexibility index (Phi) is 2.11. The fourth-order valence-corrected chi connectivity index (χ4v) is 2.08. The van der Waals surface area contributed by atoms with Gasteiger partial charge < -0.3 is 15.6 Å². The predicted octanol–water partition coefficient (Wildman–Crippen LogP) is 0.964. The lowest BCUT2D eigenvalue weighted by atomic mass is 9.95. The molecule has 82 valence electrons. The van der Waals surface area contributed by atoms with Crippen molar-refractivity contribution in [3.8, 4) is 11.5 Å². The maximum Gasteiger partial charge on any atom is 0.261 e. The average Bonchev–Trinajstić information content (AvgIpc) is 2.75. The average molecular weight is 216 g/mol. The number of nitrogens with one attached hydrogen (secondary N) is 1. The minimum Gasteiger partial charge on any atom is -0.365 e. The zero-order chi connectivity index (χ0) is 11.0. The molecular weight excluding hydrogens is 204 g/mol. The van der Waals surface area contributed by atoms with Gasteiger partial charge in [-0.25, -0.2) is 0 Å². The lowest BCUT2D eigenvalue weighted by Gasteiger charge is -2.18. The van der Waals surface area contributed by atoms with Crippen LogP contribution < -0.4 is 11.1 Å². The van der Waals surface area contributed by atoms with E-state index in [-0.39, 0.29) is 5.95 Å². The SMILES string of the molecule is Nc1noc(-c2cccc3c2CCNC3)n1. The van der Waals surface area contributed by atoms with Crippen molar-refractivity contribution in [2.45, 2.75) is 13.0 Å². The van der Waals surface area contributed by atoms with Gasteiger partial charge in [0.25, 0.3) is 11.8 Å². The molecule has 16 heavy (non-hydrogen) atoms. The molecule has 1 aromatic carbocycles. The van der Waals surface area contributed by atoms with E-state index in [0.29, 0.717) is 5.89 Å². The van der Waals surface area contributed by atoms with Crippen molar-refractivity contribution >= 4 is 5.95 Å². The molecule has 0 atom stereocenters. The van der Waals surface area contributed by atoms with Gasteiger partial charge in [0.15, 0.2) is 0 Å². The van der Waals surface area contributed by atoms with Gasteiger partial charge in [-0.15, -0.1) is 0 Å². The second kappa shape index (κ2) is 3.61.